The smallest absolute Gasteiger partial charge is 0.223 e. The third-order valence-electron chi connectivity index (χ3n) is 4.23. The number of carbonyl (C=O) groups is 1. The van der Waals surface area contributed by atoms with Gasteiger partial charge in [-0.1, -0.05) is 37.1 Å². The Balaban J connectivity index is 1.74. The van der Waals surface area contributed by atoms with Gasteiger partial charge in [-0.25, -0.2) is 0 Å². The van der Waals surface area contributed by atoms with Crippen LogP contribution >= 0.6 is 0 Å². The summed E-state index contributed by atoms with van der Waals surface area (Å²) in [4.78, 5) is 12.1. The summed E-state index contributed by atoms with van der Waals surface area (Å²) in [7, 11) is 0. The third kappa shape index (κ3) is 2.03. The van der Waals surface area contributed by atoms with Gasteiger partial charge in [0.1, 0.15) is 0 Å². The maximum atomic E-state index is 12.1. The number of carbonyl (C=O) groups excluding carboxylic acids is 1. The first-order valence-electron chi connectivity index (χ1n) is 6.82. The van der Waals surface area contributed by atoms with Crippen LogP contribution in [-0.2, 0) is 11.2 Å². The zero-order valence-corrected chi connectivity index (χ0v) is 10.4. The van der Waals surface area contributed by atoms with Crippen LogP contribution in [-0.4, -0.2) is 17.1 Å². The minimum absolute atomic E-state index is 0.119. The van der Waals surface area contributed by atoms with Crippen molar-refractivity contribution >= 4 is 5.91 Å². The molecule has 0 aromatic heterocycles. The molecule has 0 heterocycles. The molecule has 1 saturated carbocycles. The van der Waals surface area contributed by atoms with Gasteiger partial charge in [0.25, 0.3) is 0 Å². The lowest BCUT2D eigenvalue weighted by Crippen LogP contribution is -2.37. The molecule has 1 aromatic carbocycles. The molecule has 18 heavy (non-hydrogen) atoms. The molecule has 1 aromatic rings. The predicted molar refractivity (Wildman–Crippen MR) is 69.0 cm³/mol. The molecule has 2 N–H and O–H groups in total. The Morgan fingerprint density at radius 1 is 1.22 bits per heavy atom. The lowest BCUT2D eigenvalue weighted by molar-refractivity contribution is -0.126. The average Bonchev–Trinajstić information content (AvgIpc) is 2.98. The topological polar surface area (TPSA) is 49.3 Å². The van der Waals surface area contributed by atoms with Gasteiger partial charge >= 0.3 is 0 Å². The van der Waals surface area contributed by atoms with E-state index in [1.165, 1.54) is 0 Å². The predicted octanol–water partition coefficient (Wildman–Crippen LogP) is 1.95. The molecule has 1 amide bonds. The van der Waals surface area contributed by atoms with Crippen molar-refractivity contribution in [3.63, 3.8) is 0 Å². The van der Waals surface area contributed by atoms with Gasteiger partial charge in [-0.05, 0) is 24.0 Å². The molecular weight excluding hydrogens is 226 g/mol. The number of hydrogen-bond acceptors (Lipinski definition) is 2. The summed E-state index contributed by atoms with van der Waals surface area (Å²) >= 11 is 0. The maximum Gasteiger partial charge on any atom is 0.223 e. The fraction of sp³-hybridized carbons (Fsp3) is 0.533. The standard InChI is InChI=1S/C15H19NO2/c17-13-9-11-7-3-4-8-12(11)14(13)16-15(18)10-5-1-2-6-10/h3-4,7-8,10,13-14,17H,1-2,5-6,9H2,(H,16,18)/t13-,14+/m1/s1. The van der Waals surface area contributed by atoms with Crippen molar-refractivity contribution in [2.24, 2.45) is 5.92 Å². The molecule has 3 nitrogen and oxygen atoms in total. The highest BCUT2D eigenvalue weighted by atomic mass is 16.3. The van der Waals surface area contributed by atoms with Gasteiger partial charge in [-0.15, -0.1) is 0 Å². The fourth-order valence-electron chi connectivity index (χ4n) is 3.21. The summed E-state index contributed by atoms with van der Waals surface area (Å²) in [6, 6.07) is 7.76. The summed E-state index contributed by atoms with van der Waals surface area (Å²) < 4.78 is 0. The van der Waals surface area contributed by atoms with Gasteiger partial charge < -0.3 is 10.4 Å². The third-order valence-corrected chi connectivity index (χ3v) is 4.23. The van der Waals surface area contributed by atoms with E-state index in [2.05, 4.69) is 5.32 Å². The molecule has 0 bridgehead atoms. The molecule has 3 heteroatoms. The molecule has 0 unspecified atom stereocenters. The van der Waals surface area contributed by atoms with E-state index in [0.717, 1.165) is 36.8 Å². The number of fused-ring (bicyclic) bond motifs is 1. The van der Waals surface area contributed by atoms with Crippen LogP contribution in [0.2, 0.25) is 0 Å². The van der Waals surface area contributed by atoms with Crippen LogP contribution in [0.3, 0.4) is 0 Å². The number of amides is 1. The van der Waals surface area contributed by atoms with Crippen molar-refractivity contribution in [3.8, 4) is 0 Å². The molecule has 0 radical (unpaired) electrons. The molecule has 0 saturated heterocycles. The molecular formula is C15H19NO2. The molecule has 0 aliphatic heterocycles. The normalized spacial score (nSPS) is 27.2. The van der Waals surface area contributed by atoms with Crippen LogP contribution in [0.15, 0.2) is 24.3 Å². The zero-order valence-electron chi connectivity index (χ0n) is 10.4. The second kappa shape index (κ2) is 4.73. The average molecular weight is 245 g/mol. The minimum atomic E-state index is -0.479. The minimum Gasteiger partial charge on any atom is -0.390 e. The highest BCUT2D eigenvalue weighted by Gasteiger charge is 2.33. The first kappa shape index (κ1) is 11.7. The highest BCUT2D eigenvalue weighted by molar-refractivity contribution is 5.79. The van der Waals surface area contributed by atoms with Crippen LogP contribution in [0, 0.1) is 5.92 Å². The Kier molecular flexibility index (Phi) is 3.08. The Labute approximate surface area is 107 Å². The summed E-state index contributed by atoms with van der Waals surface area (Å²) in [5.41, 5.74) is 2.23. The van der Waals surface area contributed by atoms with Crippen LogP contribution in [0.4, 0.5) is 0 Å². The summed E-state index contributed by atoms with van der Waals surface area (Å²) in [6.45, 7) is 0. The van der Waals surface area contributed by atoms with E-state index >= 15 is 0 Å². The fourth-order valence-corrected chi connectivity index (χ4v) is 3.21. The van der Waals surface area contributed by atoms with Gasteiger partial charge in [0, 0.05) is 12.3 Å². The monoisotopic (exact) mass is 245 g/mol. The number of aliphatic hydroxyl groups excluding tert-OH is 1. The van der Waals surface area contributed by atoms with Crippen molar-refractivity contribution in [2.75, 3.05) is 0 Å². The molecule has 0 spiro atoms. The van der Waals surface area contributed by atoms with E-state index in [-0.39, 0.29) is 17.9 Å². The summed E-state index contributed by atoms with van der Waals surface area (Å²) in [5, 5.41) is 13.1. The van der Waals surface area contributed by atoms with Gasteiger partial charge in [0.2, 0.25) is 5.91 Å². The lowest BCUT2D eigenvalue weighted by Gasteiger charge is -2.20. The largest absolute Gasteiger partial charge is 0.390 e. The Morgan fingerprint density at radius 3 is 2.72 bits per heavy atom. The van der Waals surface area contributed by atoms with E-state index < -0.39 is 6.10 Å². The van der Waals surface area contributed by atoms with Gasteiger partial charge in [-0.2, -0.15) is 0 Å². The number of aliphatic hydroxyl groups is 1. The van der Waals surface area contributed by atoms with E-state index in [4.69, 9.17) is 0 Å². The number of hydrogen-bond donors (Lipinski definition) is 2. The Morgan fingerprint density at radius 2 is 1.94 bits per heavy atom. The van der Waals surface area contributed by atoms with Crippen molar-refractivity contribution < 1.29 is 9.90 Å². The summed E-state index contributed by atoms with van der Waals surface area (Å²) in [5.74, 6) is 0.276. The highest BCUT2D eigenvalue weighted by Crippen LogP contribution is 2.32. The van der Waals surface area contributed by atoms with Gasteiger partial charge in [0.15, 0.2) is 0 Å². The van der Waals surface area contributed by atoms with Crippen LogP contribution in [0.5, 0.6) is 0 Å². The van der Waals surface area contributed by atoms with Crippen molar-refractivity contribution in [3.05, 3.63) is 35.4 Å². The van der Waals surface area contributed by atoms with E-state index in [9.17, 15) is 9.90 Å². The zero-order chi connectivity index (χ0) is 12.5. The Hall–Kier alpha value is -1.35. The number of benzene rings is 1. The number of rotatable bonds is 2. The first-order valence-corrected chi connectivity index (χ1v) is 6.82. The first-order chi connectivity index (χ1) is 8.75. The van der Waals surface area contributed by atoms with Crippen molar-refractivity contribution in [2.45, 2.75) is 44.2 Å². The van der Waals surface area contributed by atoms with E-state index in [1.807, 2.05) is 24.3 Å². The SMILES string of the molecule is O=C(N[C@H]1c2ccccc2C[C@H]1O)C1CCCC1. The second-order valence-corrected chi connectivity index (χ2v) is 5.44. The summed E-state index contributed by atoms with van der Waals surface area (Å²) in [6.07, 6.45) is 4.47. The van der Waals surface area contributed by atoms with Gasteiger partial charge in [0.05, 0.1) is 12.1 Å². The molecule has 2 aliphatic rings. The maximum absolute atomic E-state index is 12.1. The molecule has 2 aliphatic carbocycles. The molecule has 2 atom stereocenters. The second-order valence-electron chi connectivity index (χ2n) is 5.44. The van der Waals surface area contributed by atoms with Crippen LogP contribution in [0.25, 0.3) is 0 Å². The molecule has 96 valence electrons. The van der Waals surface area contributed by atoms with E-state index in [1.54, 1.807) is 0 Å². The van der Waals surface area contributed by atoms with Gasteiger partial charge in [-0.3, -0.25) is 4.79 Å². The van der Waals surface area contributed by atoms with Crippen molar-refractivity contribution in [1.29, 1.82) is 0 Å². The number of nitrogens with one attached hydrogen (secondary N) is 1. The van der Waals surface area contributed by atoms with Crippen molar-refractivity contribution in [1.82, 2.24) is 5.32 Å². The lowest BCUT2D eigenvalue weighted by atomic mass is 10.0. The van der Waals surface area contributed by atoms with Crippen LogP contribution in [0.1, 0.15) is 42.9 Å². The van der Waals surface area contributed by atoms with E-state index in [0.29, 0.717) is 6.42 Å². The molecule has 3 rings (SSSR count). The molecule has 1 fully saturated rings. The quantitative estimate of drug-likeness (QED) is 0.836. The Bertz CT molecular complexity index is 452. The van der Waals surface area contributed by atoms with Crippen LogP contribution < -0.4 is 5.32 Å².